The van der Waals surface area contributed by atoms with Gasteiger partial charge in [-0.25, -0.2) is 5.84 Å². The number of piperazine rings is 1. The van der Waals surface area contributed by atoms with Gasteiger partial charge in [-0.2, -0.15) is 18.3 Å². The van der Waals surface area contributed by atoms with Crippen molar-refractivity contribution in [3.63, 3.8) is 0 Å². The minimum Gasteiger partial charge on any atom is -0.494 e. The molecule has 1 fully saturated rings. The minimum atomic E-state index is -4.61. The zero-order chi connectivity index (χ0) is 30.8. The fraction of sp³-hybridized carbons (Fsp3) is 0.379. The number of aromatic nitrogens is 2. The Kier molecular flexibility index (Phi) is 9.14. The highest BCUT2D eigenvalue weighted by molar-refractivity contribution is 6.06. The molecule has 1 aliphatic heterocycles. The summed E-state index contributed by atoms with van der Waals surface area (Å²) in [6, 6.07) is 6.81. The van der Waals surface area contributed by atoms with Crippen LogP contribution in [0.15, 0.2) is 42.7 Å². The van der Waals surface area contributed by atoms with Crippen LogP contribution in [0.1, 0.15) is 38.3 Å². The van der Waals surface area contributed by atoms with E-state index in [1.807, 2.05) is 20.9 Å². The number of benzene rings is 2. The number of carbonyl (C=O) groups is 1. The first-order valence-corrected chi connectivity index (χ1v) is 13.4. The second-order valence-electron chi connectivity index (χ2n) is 10.5. The van der Waals surface area contributed by atoms with Crippen LogP contribution in [0.5, 0.6) is 5.75 Å². The molecular formula is C29H37F3N8O2. The van der Waals surface area contributed by atoms with Crippen molar-refractivity contribution in [1.29, 1.82) is 0 Å². The molecule has 0 unspecified atom stereocenters. The standard InChI is InChI=1S/C29H37F3N8O2/c1-18-6-7-20(13-26(18)40(34)17-24(33)23-15-35-38(4)19(23)2)28(41)36-25-14-22(29(30,31)32)12-21(27(25)42-5)16-39-10-8-37(3)9-11-39/h6-7,12-15,17H,8-11,16,33-34H2,1-5H3,(H,36,41)/b24-17-. The van der Waals surface area contributed by atoms with Crippen molar-refractivity contribution in [3.8, 4) is 5.75 Å². The lowest BCUT2D eigenvalue weighted by Gasteiger charge is -2.33. The lowest BCUT2D eigenvalue weighted by molar-refractivity contribution is -0.137. The summed E-state index contributed by atoms with van der Waals surface area (Å²) in [6.07, 6.45) is -1.46. The molecule has 0 saturated carbocycles. The van der Waals surface area contributed by atoms with Gasteiger partial charge in [0.2, 0.25) is 0 Å². The Morgan fingerprint density at radius 3 is 2.43 bits per heavy atom. The van der Waals surface area contributed by atoms with Crippen LogP contribution in [0.25, 0.3) is 5.70 Å². The first-order valence-electron chi connectivity index (χ1n) is 13.4. The van der Waals surface area contributed by atoms with Gasteiger partial charge >= 0.3 is 6.18 Å². The first kappa shape index (κ1) is 30.9. The van der Waals surface area contributed by atoms with Gasteiger partial charge in [0, 0.05) is 68.4 Å². The summed E-state index contributed by atoms with van der Waals surface area (Å²) < 4.78 is 48.9. The monoisotopic (exact) mass is 586 g/mol. The molecule has 1 aliphatic rings. The van der Waals surface area contributed by atoms with E-state index in [4.69, 9.17) is 16.3 Å². The Bertz CT molecular complexity index is 1480. The van der Waals surface area contributed by atoms with Crippen molar-refractivity contribution in [1.82, 2.24) is 19.6 Å². The molecule has 4 rings (SSSR count). The number of halogens is 3. The Morgan fingerprint density at radius 2 is 1.83 bits per heavy atom. The number of nitrogens with zero attached hydrogens (tertiary/aromatic N) is 5. The van der Waals surface area contributed by atoms with Gasteiger partial charge in [-0.05, 0) is 50.7 Å². The molecule has 1 saturated heterocycles. The van der Waals surface area contributed by atoms with Gasteiger partial charge in [-0.1, -0.05) is 6.07 Å². The van der Waals surface area contributed by atoms with Crippen molar-refractivity contribution in [2.45, 2.75) is 26.6 Å². The number of alkyl halides is 3. The predicted molar refractivity (Wildman–Crippen MR) is 157 cm³/mol. The molecule has 0 radical (unpaired) electrons. The number of hydrogen-bond donors (Lipinski definition) is 3. The number of anilines is 2. The number of rotatable bonds is 8. The van der Waals surface area contributed by atoms with E-state index in [1.165, 1.54) is 18.3 Å². The summed E-state index contributed by atoms with van der Waals surface area (Å²) in [5.74, 6) is 5.88. The van der Waals surface area contributed by atoms with Gasteiger partial charge in [0.1, 0.15) is 5.75 Å². The number of amides is 1. The molecule has 2 heterocycles. The van der Waals surface area contributed by atoms with E-state index in [1.54, 1.807) is 36.1 Å². The molecule has 226 valence electrons. The van der Waals surface area contributed by atoms with E-state index >= 15 is 0 Å². The van der Waals surface area contributed by atoms with Crippen LogP contribution in [-0.2, 0) is 19.8 Å². The molecular weight excluding hydrogens is 549 g/mol. The molecule has 0 bridgehead atoms. The average Bonchev–Trinajstić information content (AvgIpc) is 3.27. The van der Waals surface area contributed by atoms with E-state index in [-0.39, 0.29) is 23.5 Å². The maximum absolute atomic E-state index is 13.9. The summed E-state index contributed by atoms with van der Waals surface area (Å²) in [5, 5.41) is 8.12. The number of nitrogens with two attached hydrogens (primary N) is 2. The third-order valence-electron chi connectivity index (χ3n) is 7.51. The molecule has 0 atom stereocenters. The van der Waals surface area contributed by atoms with E-state index < -0.39 is 17.6 Å². The average molecular weight is 587 g/mol. The number of methoxy groups -OCH3 is 1. The maximum Gasteiger partial charge on any atom is 0.416 e. The van der Waals surface area contributed by atoms with Gasteiger partial charge in [-0.15, -0.1) is 0 Å². The molecule has 13 heteroatoms. The normalized spacial score (nSPS) is 15.1. The Hall–Kier alpha value is -4.07. The molecule has 0 aliphatic carbocycles. The van der Waals surface area contributed by atoms with Gasteiger partial charge in [0.05, 0.1) is 35.9 Å². The van der Waals surface area contributed by atoms with Gasteiger partial charge < -0.3 is 20.7 Å². The van der Waals surface area contributed by atoms with Crippen molar-refractivity contribution in [2.24, 2.45) is 18.6 Å². The van der Waals surface area contributed by atoms with Crippen molar-refractivity contribution >= 4 is 23.0 Å². The van der Waals surface area contributed by atoms with Crippen molar-refractivity contribution in [2.75, 3.05) is 50.7 Å². The zero-order valence-electron chi connectivity index (χ0n) is 24.4. The number of likely N-dealkylation sites (N-methyl/N-ethyl adjacent to an activating group) is 1. The fourth-order valence-corrected chi connectivity index (χ4v) is 4.85. The second kappa shape index (κ2) is 12.4. The highest BCUT2D eigenvalue weighted by Crippen LogP contribution is 2.39. The summed E-state index contributed by atoms with van der Waals surface area (Å²) in [4.78, 5) is 17.6. The van der Waals surface area contributed by atoms with Crippen LogP contribution < -0.4 is 26.6 Å². The third-order valence-corrected chi connectivity index (χ3v) is 7.51. The van der Waals surface area contributed by atoms with Crippen molar-refractivity contribution in [3.05, 3.63) is 76.2 Å². The van der Waals surface area contributed by atoms with E-state index in [0.717, 1.165) is 36.5 Å². The van der Waals surface area contributed by atoms with E-state index in [0.29, 0.717) is 35.6 Å². The molecule has 3 aromatic rings. The molecule has 5 N–H and O–H groups in total. The molecule has 1 aromatic heterocycles. The van der Waals surface area contributed by atoms with Crippen LogP contribution in [0.4, 0.5) is 24.5 Å². The summed E-state index contributed by atoms with van der Waals surface area (Å²) in [7, 11) is 5.18. The van der Waals surface area contributed by atoms with Crippen LogP contribution in [0.2, 0.25) is 0 Å². The summed E-state index contributed by atoms with van der Waals surface area (Å²) in [6.45, 7) is 6.97. The number of hydrogen-bond acceptors (Lipinski definition) is 8. The number of nitrogens with one attached hydrogen (secondary N) is 1. The lowest BCUT2D eigenvalue weighted by atomic mass is 10.0. The smallest absolute Gasteiger partial charge is 0.416 e. The molecule has 10 nitrogen and oxygen atoms in total. The summed E-state index contributed by atoms with van der Waals surface area (Å²) >= 11 is 0. The second-order valence-corrected chi connectivity index (χ2v) is 10.5. The Labute approximate surface area is 243 Å². The predicted octanol–water partition coefficient (Wildman–Crippen LogP) is 3.70. The minimum absolute atomic E-state index is 0.0654. The maximum atomic E-state index is 13.9. The first-order chi connectivity index (χ1) is 19.8. The number of hydrazine groups is 1. The fourth-order valence-electron chi connectivity index (χ4n) is 4.85. The molecule has 42 heavy (non-hydrogen) atoms. The molecule has 1 amide bonds. The largest absolute Gasteiger partial charge is 0.494 e. The van der Waals surface area contributed by atoms with Crippen LogP contribution in [-0.4, -0.2) is 65.8 Å². The highest BCUT2D eigenvalue weighted by Gasteiger charge is 2.33. The highest BCUT2D eigenvalue weighted by atomic mass is 19.4. The number of ether oxygens (including phenoxy) is 1. The van der Waals surface area contributed by atoms with Gasteiger partial charge in [0.25, 0.3) is 5.91 Å². The Balaban J connectivity index is 1.63. The van der Waals surface area contributed by atoms with Crippen molar-refractivity contribution < 1.29 is 22.7 Å². The molecule has 0 spiro atoms. The number of carbonyl (C=O) groups excluding carboxylic acids is 1. The van der Waals surface area contributed by atoms with Crippen LogP contribution in [0.3, 0.4) is 0 Å². The van der Waals surface area contributed by atoms with Gasteiger partial charge in [0.15, 0.2) is 0 Å². The molecule has 2 aromatic carbocycles. The quantitative estimate of drug-likeness (QED) is 0.270. The van der Waals surface area contributed by atoms with Crippen LogP contribution in [0, 0.1) is 13.8 Å². The topological polar surface area (TPSA) is 118 Å². The van der Waals surface area contributed by atoms with Crippen LogP contribution >= 0.6 is 0 Å². The van der Waals surface area contributed by atoms with E-state index in [9.17, 15) is 18.0 Å². The lowest BCUT2D eigenvalue weighted by Crippen LogP contribution is -2.43. The third kappa shape index (κ3) is 6.86. The summed E-state index contributed by atoms with van der Waals surface area (Å²) in [5.41, 5.74) is 9.04. The van der Waals surface area contributed by atoms with E-state index in [2.05, 4.69) is 20.2 Å². The SMILES string of the molecule is COc1c(CN2CCN(C)CC2)cc(C(F)(F)F)cc1NC(=O)c1ccc(C)c(N(N)/C=C(\N)c2cnn(C)c2C)c1. The Morgan fingerprint density at radius 1 is 1.14 bits per heavy atom. The zero-order valence-corrected chi connectivity index (χ0v) is 24.4. The van der Waals surface area contributed by atoms with Gasteiger partial charge in [-0.3, -0.25) is 19.4 Å². The number of aryl methyl sites for hydroxylation is 2.